The lowest BCUT2D eigenvalue weighted by molar-refractivity contribution is -0.142. The van der Waals surface area contributed by atoms with Crippen LogP contribution in [-0.2, 0) is 4.79 Å². The maximum absolute atomic E-state index is 12.2. The number of carboxylic acids is 1. The molecule has 0 aliphatic carbocycles. The van der Waals surface area contributed by atoms with Crippen LogP contribution in [0.5, 0.6) is 0 Å². The molecule has 1 fully saturated rings. The Morgan fingerprint density at radius 1 is 1.21 bits per heavy atom. The highest BCUT2D eigenvalue weighted by Crippen LogP contribution is 2.43. The zero-order valence-electron chi connectivity index (χ0n) is 14.2. The van der Waals surface area contributed by atoms with Crippen molar-refractivity contribution < 1.29 is 14.7 Å². The van der Waals surface area contributed by atoms with E-state index in [1.807, 2.05) is 61.6 Å². The van der Waals surface area contributed by atoms with Crippen molar-refractivity contribution >= 4 is 35.4 Å². The molecule has 1 aromatic carbocycles. The molecule has 1 aliphatic rings. The number of carbonyl (C=O) groups excluding carboxylic acids is 1. The molecule has 4 nitrogen and oxygen atoms in total. The standard InChI is InChI=1S/C18H25NO3S2/c1-12(2)10-15(17(21)22)11-19-16(20)13-4-6-14(7-5-13)18-23-8-3-9-24-18/h4-7,12,15,18H,3,8-11H2,1-2H3,(H,19,20)(H,21,22). The number of benzene rings is 1. The molecule has 1 unspecified atom stereocenters. The van der Waals surface area contributed by atoms with Gasteiger partial charge in [-0.1, -0.05) is 26.0 Å². The molecule has 1 saturated heterocycles. The van der Waals surface area contributed by atoms with Crippen molar-refractivity contribution in [1.29, 1.82) is 0 Å². The predicted molar refractivity (Wildman–Crippen MR) is 102 cm³/mol. The number of hydrogen-bond acceptors (Lipinski definition) is 4. The maximum Gasteiger partial charge on any atom is 0.308 e. The van der Waals surface area contributed by atoms with E-state index in [1.165, 1.54) is 23.5 Å². The molecule has 24 heavy (non-hydrogen) atoms. The SMILES string of the molecule is CC(C)CC(CNC(=O)c1ccc(C2SCCCS2)cc1)C(=O)O. The number of aliphatic carboxylic acids is 1. The maximum atomic E-state index is 12.2. The predicted octanol–water partition coefficient (Wildman–Crippen LogP) is 4.03. The summed E-state index contributed by atoms with van der Waals surface area (Å²) in [5.74, 6) is 1.06. The number of thioether (sulfide) groups is 2. The Kier molecular flexibility index (Phi) is 7.49. The number of amides is 1. The van der Waals surface area contributed by atoms with Crippen molar-refractivity contribution in [1.82, 2.24) is 5.32 Å². The van der Waals surface area contributed by atoms with Crippen LogP contribution in [0.2, 0.25) is 0 Å². The molecule has 1 heterocycles. The first kappa shape index (κ1) is 19.2. The van der Waals surface area contributed by atoms with Gasteiger partial charge in [-0.2, -0.15) is 0 Å². The van der Waals surface area contributed by atoms with E-state index in [-0.39, 0.29) is 18.4 Å². The van der Waals surface area contributed by atoms with Crippen LogP contribution in [0.25, 0.3) is 0 Å². The fourth-order valence-corrected chi connectivity index (χ4v) is 5.52. The summed E-state index contributed by atoms with van der Waals surface area (Å²) in [7, 11) is 0. The minimum absolute atomic E-state index is 0.169. The van der Waals surface area contributed by atoms with Crippen molar-refractivity contribution in [3.8, 4) is 0 Å². The molecule has 0 saturated carbocycles. The van der Waals surface area contributed by atoms with Gasteiger partial charge in [0.15, 0.2) is 0 Å². The smallest absolute Gasteiger partial charge is 0.308 e. The first-order valence-electron chi connectivity index (χ1n) is 8.31. The summed E-state index contributed by atoms with van der Waals surface area (Å²) in [6.45, 7) is 4.14. The second-order valence-corrected chi connectivity index (χ2v) is 9.15. The summed E-state index contributed by atoms with van der Waals surface area (Å²) in [6.07, 6.45) is 1.82. The van der Waals surface area contributed by atoms with Gasteiger partial charge in [0.25, 0.3) is 5.91 Å². The molecule has 1 atom stereocenters. The molecular formula is C18H25NO3S2. The van der Waals surface area contributed by atoms with Gasteiger partial charge in [0.1, 0.15) is 0 Å². The zero-order valence-corrected chi connectivity index (χ0v) is 15.8. The number of nitrogens with one attached hydrogen (secondary N) is 1. The molecule has 1 aliphatic heterocycles. The second-order valence-electron chi connectivity index (χ2n) is 6.42. The number of hydrogen-bond donors (Lipinski definition) is 2. The van der Waals surface area contributed by atoms with Crippen molar-refractivity contribution in [2.45, 2.75) is 31.3 Å². The van der Waals surface area contributed by atoms with Gasteiger partial charge in [-0.25, -0.2) is 0 Å². The highest BCUT2D eigenvalue weighted by molar-refractivity contribution is 8.16. The molecule has 1 amide bonds. The monoisotopic (exact) mass is 367 g/mol. The molecular weight excluding hydrogens is 342 g/mol. The third kappa shape index (κ3) is 5.74. The van der Waals surface area contributed by atoms with E-state index in [9.17, 15) is 14.7 Å². The summed E-state index contributed by atoms with van der Waals surface area (Å²) in [4.78, 5) is 23.5. The van der Waals surface area contributed by atoms with E-state index >= 15 is 0 Å². The van der Waals surface area contributed by atoms with Crippen LogP contribution in [0.4, 0.5) is 0 Å². The minimum Gasteiger partial charge on any atom is -0.481 e. The van der Waals surface area contributed by atoms with Gasteiger partial charge >= 0.3 is 5.97 Å². The van der Waals surface area contributed by atoms with Crippen molar-refractivity contribution in [3.63, 3.8) is 0 Å². The number of rotatable bonds is 7. The van der Waals surface area contributed by atoms with Crippen LogP contribution in [0, 0.1) is 11.8 Å². The Morgan fingerprint density at radius 3 is 2.38 bits per heavy atom. The Bertz CT molecular complexity index is 554. The summed E-state index contributed by atoms with van der Waals surface area (Å²) in [6, 6.07) is 7.68. The van der Waals surface area contributed by atoms with Crippen molar-refractivity contribution in [2.75, 3.05) is 18.1 Å². The average molecular weight is 368 g/mol. The minimum atomic E-state index is -0.856. The molecule has 2 rings (SSSR count). The lowest BCUT2D eigenvalue weighted by Gasteiger charge is -2.21. The van der Waals surface area contributed by atoms with Crippen LogP contribution in [0.15, 0.2) is 24.3 Å². The van der Waals surface area contributed by atoms with Gasteiger partial charge in [-0.05, 0) is 48.0 Å². The zero-order chi connectivity index (χ0) is 17.5. The fraction of sp³-hybridized carbons (Fsp3) is 0.556. The molecule has 2 N–H and O–H groups in total. The molecule has 0 aromatic heterocycles. The van der Waals surface area contributed by atoms with Crippen LogP contribution in [-0.4, -0.2) is 35.0 Å². The van der Waals surface area contributed by atoms with Crippen LogP contribution in [0.1, 0.15) is 47.2 Å². The summed E-state index contributed by atoms with van der Waals surface area (Å²) in [5.41, 5.74) is 1.82. The Morgan fingerprint density at radius 2 is 1.83 bits per heavy atom. The van der Waals surface area contributed by atoms with E-state index in [1.54, 1.807) is 0 Å². The average Bonchev–Trinajstić information content (AvgIpc) is 2.58. The third-order valence-electron chi connectivity index (χ3n) is 3.89. The highest BCUT2D eigenvalue weighted by atomic mass is 32.2. The lowest BCUT2D eigenvalue weighted by Crippen LogP contribution is -2.33. The molecule has 1 aromatic rings. The van der Waals surface area contributed by atoms with Crippen molar-refractivity contribution in [2.24, 2.45) is 11.8 Å². The van der Waals surface area contributed by atoms with E-state index < -0.39 is 11.9 Å². The van der Waals surface area contributed by atoms with Crippen LogP contribution >= 0.6 is 23.5 Å². The topological polar surface area (TPSA) is 66.4 Å². The van der Waals surface area contributed by atoms with E-state index in [2.05, 4.69) is 5.32 Å². The van der Waals surface area contributed by atoms with Crippen molar-refractivity contribution in [3.05, 3.63) is 35.4 Å². The molecule has 6 heteroatoms. The van der Waals surface area contributed by atoms with Crippen LogP contribution < -0.4 is 5.32 Å². The van der Waals surface area contributed by atoms with Gasteiger partial charge in [0, 0.05) is 12.1 Å². The van der Waals surface area contributed by atoms with E-state index in [4.69, 9.17) is 0 Å². The van der Waals surface area contributed by atoms with Gasteiger partial charge in [-0.15, -0.1) is 23.5 Å². The third-order valence-corrected chi connectivity index (χ3v) is 6.90. The van der Waals surface area contributed by atoms with Gasteiger partial charge < -0.3 is 10.4 Å². The van der Waals surface area contributed by atoms with E-state index in [0.717, 1.165) is 0 Å². The first-order chi connectivity index (χ1) is 11.5. The Hall–Kier alpha value is -1.14. The van der Waals surface area contributed by atoms with Gasteiger partial charge in [0.05, 0.1) is 10.5 Å². The second kappa shape index (κ2) is 9.37. The molecule has 0 radical (unpaired) electrons. The molecule has 0 bridgehead atoms. The fourth-order valence-electron chi connectivity index (χ4n) is 2.63. The molecule has 0 spiro atoms. The number of carbonyl (C=O) groups is 2. The number of carboxylic acid groups (broad SMARTS) is 1. The van der Waals surface area contributed by atoms with Gasteiger partial charge in [-0.3, -0.25) is 9.59 Å². The molecule has 132 valence electrons. The van der Waals surface area contributed by atoms with E-state index in [0.29, 0.717) is 16.6 Å². The summed E-state index contributed by atoms with van der Waals surface area (Å²) >= 11 is 3.90. The highest BCUT2D eigenvalue weighted by Gasteiger charge is 2.20. The summed E-state index contributed by atoms with van der Waals surface area (Å²) < 4.78 is 0.457. The first-order valence-corrected chi connectivity index (χ1v) is 10.4. The summed E-state index contributed by atoms with van der Waals surface area (Å²) in [5, 5.41) is 12.0. The largest absolute Gasteiger partial charge is 0.481 e. The van der Waals surface area contributed by atoms with Gasteiger partial charge in [0.2, 0.25) is 0 Å². The Balaban J connectivity index is 1.90. The van der Waals surface area contributed by atoms with Crippen LogP contribution in [0.3, 0.4) is 0 Å². The quantitative estimate of drug-likeness (QED) is 0.761. The lowest BCUT2D eigenvalue weighted by atomic mass is 9.97. The normalized spacial score (nSPS) is 16.8. The Labute approximate surface area is 152 Å².